The zero-order valence-electron chi connectivity index (χ0n) is 9.52. The Bertz CT molecular complexity index is 268. The van der Waals surface area contributed by atoms with Crippen LogP contribution in [0.1, 0.15) is 44.2 Å². The number of hydrogen-bond acceptors (Lipinski definition) is 2. The second-order valence-electron chi connectivity index (χ2n) is 4.11. The summed E-state index contributed by atoms with van der Waals surface area (Å²) in [4.78, 5) is 0. The molecule has 0 aliphatic rings. The van der Waals surface area contributed by atoms with Crippen molar-refractivity contribution in [3.63, 3.8) is 0 Å². The van der Waals surface area contributed by atoms with Crippen molar-refractivity contribution in [3.05, 3.63) is 24.0 Å². The first-order chi connectivity index (χ1) is 7.24. The summed E-state index contributed by atoms with van der Waals surface area (Å²) in [5, 5.41) is 8.63. The summed E-state index contributed by atoms with van der Waals surface area (Å²) in [6.45, 7) is 3.37. The fraction of sp³-hybridized carbons (Fsp3) is 0.667. The van der Waals surface area contributed by atoms with Crippen LogP contribution in [0, 0.1) is 0 Å². The first-order valence-corrected chi connectivity index (χ1v) is 5.76. The van der Waals surface area contributed by atoms with E-state index in [1.165, 1.54) is 18.4 Å². The van der Waals surface area contributed by atoms with Gasteiger partial charge >= 0.3 is 0 Å². The molecule has 3 heteroatoms. The molecule has 1 aromatic rings. The monoisotopic (exact) mass is 210 g/mol. The van der Waals surface area contributed by atoms with Gasteiger partial charge < -0.3 is 15.4 Å². The van der Waals surface area contributed by atoms with E-state index in [0.29, 0.717) is 6.61 Å². The topological polar surface area (TPSA) is 51.2 Å². The van der Waals surface area contributed by atoms with E-state index in [9.17, 15) is 0 Å². The summed E-state index contributed by atoms with van der Waals surface area (Å²) < 4.78 is 2.19. The Morgan fingerprint density at radius 3 is 2.67 bits per heavy atom. The third-order valence-corrected chi connectivity index (χ3v) is 2.62. The van der Waals surface area contributed by atoms with Crippen LogP contribution < -0.4 is 5.73 Å². The Hall–Kier alpha value is -0.800. The zero-order valence-corrected chi connectivity index (χ0v) is 9.52. The zero-order chi connectivity index (χ0) is 11.1. The van der Waals surface area contributed by atoms with E-state index in [4.69, 9.17) is 10.8 Å². The maximum Gasteiger partial charge on any atom is 0.0431 e. The maximum atomic E-state index is 8.63. The smallest absolute Gasteiger partial charge is 0.0431 e. The predicted molar refractivity (Wildman–Crippen MR) is 62.6 cm³/mol. The van der Waals surface area contributed by atoms with Crippen LogP contribution in [0.3, 0.4) is 0 Å². The van der Waals surface area contributed by atoms with Crippen LogP contribution >= 0.6 is 0 Å². The minimum Gasteiger partial charge on any atom is -0.396 e. The Balaban J connectivity index is 2.20. The molecule has 1 atom stereocenters. The van der Waals surface area contributed by atoms with Gasteiger partial charge in [0.25, 0.3) is 0 Å². The van der Waals surface area contributed by atoms with E-state index in [1.807, 2.05) is 6.92 Å². The van der Waals surface area contributed by atoms with Crippen molar-refractivity contribution in [2.75, 3.05) is 6.61 Å². The van der Waals surface area contributed by atoms with Gasteiger partial charge in [0, 0.05) is 31.6 Å². The van der Waals surface area contributed by atoms with Crippen molar-refractivity contribution in [2.45, 2.75) is 45.2 Å². The SMILES string of the molecule is CC(N)c1ccn(CCCCCCO)c1. The fourth-order valence-electron chi connectivity index (χ4n) is 1.63. The highest BCUT2D eigenvalue weighted by molar-refractivity contribution is 5.13. The molecule has 0 aliphatic carbocycles. The Kier molecular flexibility index (Phi) is 5.43. The molecule has 3 N–H and O–H groups in total. The van der Waals surface area contributed by atoms with Crippen molar-refractivity contribution in [2.24, 2.45) is 5.73 Å². The molecule has 0 saturated heterocycles. The molecule has 1 unspecified atom stereocenters. The van der Waals surface area contributed by atoms with Crippen molar-refractivity contribution in [1.82, 2.24) is 4.57 Å². The number of unbranched alkanes of at least 4 members (excludes halogenated alkanes) is 3. The van der Waals surface area contributed by atoms with Gasteiger partial charge in [0.1, 0.15) is 0 Å². The molecule has 0 aliphatic heterocycles. The molecule has 1 heterocycles. The molecule has 0 aromatic carbocycles. The second kappa shape index (κ2) is 6.64. The first kappa shape index (κ1) is 12.3. The molecule has 0 saturated carbocycles. The van der Waals surface area contributed by atoms with Crippen LogP contribution in [0.15, 0.2) is 18.5 Å². The summed E-state index contributed by atoms with van der Waals surface area (Å²) in [5.41, 5.74) is 6.98. The summed E-state index contributed by atoms with van der Waals surface area (Å²) >= 11 is 0. The number of aliphatic hydroxyl groups is 1. The van der Waals surface area contributed by atoms with Crippen molar-refractivity contribution in [3.8, 4) is 0 Å². The van der Waals surface area contributed by atoms with Crippen LogP contribution in [0.4, 0.5) is 0 Å². The quantitative estimate of drug-likeness (QED) is 0.677. The van der Waals surface area contributed by atoms with E-state index in [1.54, 1.807) is 0 Å². The lowest BCUT2D eigenvalue weighted by Crippen LogP contribution is -2.03. The molecular weight excluding hydrogens is 188 g/mol. The van der Waals surface area contributed by atoms with Gasteiger partial charge in [-0.15, -0.1) is 0 Å². The van der Waals surface area contributed by atoms with Gasteiger partial charge in [-0.1, -0.05) is 12.8 Å². The Labute approximate surface area is 91.9 Å². The number of rotatable bonds is 7. The average Bonchev–Trinajstić information content (AvgIpc) is 2.66. The minimum absolute atomic E-state index is 0.126. The molecule has 0 fully saturated rings. The van der Waals surface area contributed by atoms with E-state index in [0.717, 1.165) is 19.4 Å². The van der Waals surface area contributed by atoms with E-state index in [-0.39, 0.29) is 6.04 Å². The molecule has 0 amide bonds. The lowest BCUT2D eigenvalue weighted by molar-refractivity contribution is 0.282. The second-order valence-corrected chi connectivity index (χ2v) is 4.11. The third kappa shape index (κ3) is 4.49. The van der Waals surface area contributed by atoms with Crippen LogP contribution in [0.5, 0.6) is 0 Å². The van der Waals surface area contributed by atoms with Crippen molar-refractivity contribution < 1.29 is 5.11 Å². The standard InChI is InChI=1S/C12H22N2O/c1-11(13)12-6-8-14(10-12)7-4-2-3-5-9-15/h6,8,10-11,15H,2-5,7,9,13H2,1H3. The molecule has 86 valence electrons. The van der Waals surface area contributed by atoms with Gasteiger partial charge in [0.2, 0.25) is 0 Å². The number of aromatic nitrogens is 1. The largest absolute Gasteiger partial charge is 0.396 e. The van der Waals surface area contributed by atoms with E-state index >= 15 is 0 Å². The normalized spacial score (nSPS) is 13.0. The Morgan fingerprint density at radius 2 is 2.07 bits per heavy atom. The maximum absolute atomic E-state index is 8.63. The number of nitrogens with zero attached hydrogens (tertiary/aromatic N) is 1. The van der Waals surface area contributed by atoms with Gasteiger partial charge in [-0.25, -0.2) is 0 Å². The lowest BCUT2D eigenvalue weighted by Gasteiger charge is -2.03. The molecular formula is C12H22N2O. The average molecular weight is 210 g/mol. The Morgan fingerprint density at radius 1 is 1.33 bits per heavy atom. The fourth-order valence-corrected chi connectivity index (χ4v) is 1.63. The summed E-state index contributed by atoms with van der Waals surface area (Å²) in [7, 11) is 0. The van der Waals surface area contributed by atoms with Crippen LogP contribution in [0.25, 0.3) is 0 Å². The molecule has 1 aromatic heterocycles. The van der Waals surface area contributed by atoms with Gasteiger partial charge in [0.15, 0.2) is 0 Å². The number of aryl methyl sites for hydroxylation is 1. The first-order valence-electron chi connectivity index (χ1n) is 5.76. The van der Waals surface area contributed by atoms with Gasteiger partial charge in [-0.3, -0.25) is 0 Å². The minimum atomic E-state index is 0.126. The molecule has 0 radical (unpaired) electrons. The number of nitrogens with two attached hydrogens (primary N) is 1. The highest BCUT2D eigenvalue weighted by atomic mass is 16.2. The number of aliphatic hydroxyl groups excluding tert-OH is 1. The predicted octanol–water partition coefficient (Wildman–Crippen LogP) is 2.06. The summed E-state index contributed by atoms with van der Waals surface area (Å²) in [6, 6.07) is 2.21. The van der Waals surface area contributed by atoms with Gasteiger partial charge in [0.05, 0.1) is 0 Å². The van der Waals surface area contributed by atoms with Crippen LogP contribution in [0.2, 0.25) is 0 Å². The van der Waals surface area contributed by atoms with Crippen molar-refractivity contribution in [1.29, 1.82) is 0 Å². The highest BCUT2D eigenvalue weighted by Gasteiger charge is 2.00. The van der Waals surface area contributed by atoms with E-state index in [2.05, 4.69) is 23.0 Å². The molecule has 3 nitrogen and oxygen atoms in total. The van der Waals surface area contributed by atoms with Crippen LogP contribution in [-0.2, 0) is 6.54 Å². The molecule has 0 bridgehead atoms. The highest BCUT2D eigenvalue weighted by Crippen LogP contribution is 2.10. The third-order valence-electron chi connectivity index (χ3n) is 2.62. The number of hydrogen-bond donors (Lipinski definition) is 2. The van der Waals surface area contributed by atoms with Crippen LogP contribution in [-0.4, -0.2) is 16.3 Å². The van der Waals surface area contributed by atoms with Gasteiger partial charge in [-0.05, 0) is 31.4 Å². The molecule has 15 heavy (non-hydrogen) atoms. The summed E-state index contributed by atoms with van der Waals surface area (Å²) in [5.74, 6) is 0. The molecule has 0 spiro atoms. The van der Waals surface area contributed by atoms with Gasteiger partial charge in [-0.2, -0.15) is 0 Å². The lowest BCUT2D eigenvalue weighted by atomic mass is 10.2. The molecule has 1 rings (SSSR count). The van der Waals surface area contributed by atoms with E-state index < -0.39 is 0 Å². The summed E-state index contributed by atoms with van der Waals surface area (Å²) in [6.07, 6.45) is 8.62. The van der Waals surface area contributed by atoms with Crippen molar-refractivity contribution >= 4 is 0 Å².